The van der Waals surface area contributed by atoms with Crippen molar-refractivity contribution in [2.45, 2.75) is 19.8 Å². The number of aryl methyl sites for hydroxylation is 2. The zero-order valence-corrected chi connectivity index (χ0v) is 13.1. The molecule has 0 aliphatic rings. The van der Waals surface area contributed by atoms with Gasteiger partial charge in [-0.05, 0) is 30.7 Å². The normalized spacial score (nSPS) is 10.6. The maximum atomic E-state index is 13.1. The summed E-state index contributed by atoms with van der Waals surface area (Å²) in [6.07, 6.45) is 0.492. The molecule has 0 atom stereocenters. The van der Waals surface area contributed by atoms with E-state index < -0.39 is 5.82 Å². The monoisotopic (exact) mass is 325 g/mol. The van der Waals surface area contributed by atoms with Gasteiger partial charge in [-0.15, -0.1) is 0 Å². The molecule has 0 aliphatic carbocycles. The lowest BCUT2D eigenvalue weighted by molar-refractivity contribution is -0.116. The fourth-order valence-electron chi connectivity index (χ4n) is 2.30. The fourth-order valence-corrected chi connectivity index (χ4v) is 2.30. The molecule has 0 aliphatic heterocycles. The van der Waals surface area contributed by atoms with Crippen LogP contribution in [0, 0.1) is 12.7 Å². The molecule has 24 heavy (non-hydrogen) atoms. The number of hydrogen-bond donors (Lipinski definition) is 1. The highest BCUT2D eigenvalue weighted by molar-refractivity contribution is 5.90. The van der Waals surface area contributed by atoms with Gasteiger partial charge in [-0.3, -0.25) is 4.79 Å². The van der Waals surface area contributed by atoms with E-state index in [-0.39, 0.29) is 12.3 Å². The number of hydrogen-bond acceptors (Lipinski definition) is 4. The molecule has 0 unspecified atom stereocenters. The van der Waals surface area contributed by atoms with E-state index in [1.165, 1.54) is 18.2 Å². The van der Waals surface area contributed by atoms with Crippen LogP contribution in [0.15, 0.2) is 53.1 Å². The average molecular weight is 325 g/mol. The molecule has 6 heteroatoms. The van der Waals surface area contributed by atoms with Crippen LogP contribution in [0.2, 0.25) is 0 Å². The second-order valence-electron chi connectivity index (χ2n) is 5.39. The van der Waals surface area contributed by atoms with Gasteiger partial charge in [0.15, 0.2) is 0 Å². The third kappa shape index (κ3) is 3.84. The first-order valence-electron chi connectivity index (χ1n) is 7.56. The van der Waals surface area contributed by atoms with Crippen molar-refractivity contribution in [3.63, 3.8) is 0 Å². The van der Waals surface area contributed by atoms with Crippen LogP contribution >= 0.6 is 0 Å². The molecule has 0 spiro atoms. The molecule has 0 fully saturated rings. The Kier molecular flexibility index (Phi) is 4.65. The van der Waals surface area contributed by atoms with Crippen LogP contribution in [-0.2, 0) is 11.2 Å². The minimum absolute atomic E-state index is 0.173. The van der Waals surface area contributed by atoms with Crippen LogP contribution in [0.25, 0.3) is 11.4 Å². The van der Waals surface area contributed by atoms with Gasteiger partial charge in [0.2, 0.25) is 17.6 Å². The van der Waals surface area contributed by atoms with E-state index in [2.05, 4.69) is 15.5 Å². The highest BCUT2D eigenvalue weighted by Gasteiger charge is 2.12. The molecule has 5 nitrogen and oxygen atoms in total. The van der Waals surface area contributed by atoms with E-state index >= 15 is 0 Å². The van der Waals surface area contributed by atoms with Gasteiger partial charge in [0.05, 0.1) is 0 Å². The summed E-state index contributed by atoms with van der Waals surface area (Å²) in [7, 11) is 0. The summed E-state index contributed by atoms with van der Waals surface area (Å²) >= 11 is 0. The molecule has 1 N–H and O–H groups in total. The number of nitrogens with one attached hydrogen (secondary N) is 1. The number of carbonyl (C=O) groups excluding carboxylic acids is 1. The summed E-state index contributed by atoms with van der Waals surface area (Å²) < 4.78 is 18.3. The second kappa shape index (κ2) is 7.04. The number of nitrogens with zero attached hydrogens (tertiary/aromatic N) is 2. The van der Waals surface area contributed by atoms with Crippen molar-refractivity contribution >= 4 is 11.6 Å². The Balaban J connectivity index is 1.59. The number of amides is 1. The Hall–Kier alpha value is -3.02. The van der Waals surface area contributed by atoms with Gasteiger partial charge in [-0.1, -0.05) is 35.5 Å². The number of halogens is 1. The van der Waals surface area contributed by atoms with Gasteiger partial charge in [-0.25, -0.2) is 4.39 Å². The van der Waals surface area contributed by atoms with E-state index in [4.69, 9.17) is 4.52 Å². The van der Waals surface area contributed by atoms with Crippen LogP contribution in [0.5, 0.6) is 0 Å². The Morgan fingerprint density at radius 3 is 2.83 bits per heavy atom. The second-order valence-corrected chi connectivity index (χ2v) is 5.39. The van der Waals surface area contributed by atoms with Crippen molar-refractivity contribution < 1.29 is 13.7 Å². The molecular formula is C18H16FN3O2. The third-order valence-electron chi connectivity index (χ3n) is 3.53. The summed E-state index contributed by atoms with van der Waals surface area (Å²) in [4.78, 5) is 16.2. The predicted octanol–water partition coefficient (Wildman–Crippen LogP) is 3.76. The predicted molar refractivity (Wildman–Crippen MR) is 87.8 cm³/mol. The SMILES string of the molecule is Cc1ccccc1-c1noc(CCC(=O)Nc2cccc(F)c2)n1. The zero-order chi connectivity index (χ0) is 16.9. The van der Waals surface area contributed by atoms with Gasteiger partial charge in [0.1, 0.15) is 5.82 Å². The molecular weight excluding hydrogens is 309 g/mol. The van der Waals surface area contributed by atoms with Crippen LogP contribution in [0.3, 0.4) is 0 Å². The van der Waals surface area contributed by atoms with Crippen LogP contribution in [0.4, 0.5) is 10.1 Å². The summed E-state index contributed by atoms with van der Waals surface area (Å²) in [5.41, 5.74) is 2.37. The zero-order valence-electron chi connectivity index (χ0n) is 13.1. The van der Waals surface area contributed by atoms with E-state index in [0.29, 0.717) is 23.8 Å². The molecule has 0 saturated heterocycles. The van der Waals surface area contributed by atoms with Gasteiger partial charge < -0.3 is 9.84 Å². The van der Waals surface area contributed by atoms with Crippen molar-refractivity contribution in [3.05, 3.63) is 65.8 Å². The molecule has 1 heterocycles. The van der Waals surface area contributed by atoms with Gasteiger partial charge >= 0.3 is 0 Å². The Morgan fingerprint density at radius 2 is 2.04 bits per heavy atom. The van der Waals surface area contributed by atoms with Crippen LogP contribution in [0.1, 0.15) is 17.9 Å². The minimum atomic E-state index is -0.396. The summed E-state index contributed by atoms with van der Waals surface area (Å²) in [6, 6.07) is 13.5. The van der Waals surface area contributed by atoms with Crippen molar-refractivity contribution in [2.75, 3.05) is 5.32 Å². The molecule has 1 amide bonds. The van der Waals surface area contributed by atoms with Gasteiger partial charge in [-0.2, -0.15) is 4.98 Å². The molecule has 2 aromatic carbocycles. The highest BCUT2D eigenvalue weighted by Crippen LogP contribution is 2.20. The van der Waals surface area contributed by atoms with Crippen molar-refractivity contribution in [1.82, 2.24) is 10.1 Å². The van der Waals surface area contributed by atoms with Gasteiger partial charge in [0.25, 0.3) is 0 Å². The summed E-state index contributed by atoms with van der Waals surface area (Å²) in [6.45, 7) is 1.97. The fraction of sp³-hybridized carbons (Fsp3) is 0.167. The van der Waals surface area contributed by atoms with Crippen LogP contribution in [-0.4, -0.2) is 16.0 Å². The Labute approximate surface area is 138 Å². The topological polar surface area (TPSA) is 68.0 Å². The summed E-state index contributed by atoms with van der Waals surface area (Å²) in [5, 5.41) is 6.59. The first-order valence-corrected chi connectivity index (χ1v) is 7.56. The quantitative estimate of drug-likeness (QED) is 0.775. The molecule has 0 radical (unpaired) electrons. The van der Waals surface area contributed by atoms with E-state index in [1.807, 2.05) is 31.2 Å². The average Bonchev–Trinajstić information content (AvgIpc) is 3.02. The minimum Gasteiger partial charge on any atom is -0.339 e. The first kappa shape index (κ1) is 15.9. The molecule has 0 bridgehead atoms. The molecule has 3 rings (SSSR count). The first-order chi connectivity index (χ1) is 11.6. The highest BCUT2D eigenvalue weighted by atomic mass is 19.1. The van der Waals surface area contributed by atoms with E-state index in [0.717, 1.165) is 11.1 Å². The van der Waals surface area contributed by atoms with E-state index in [1.54, 1.807) is 6.07 Å². The van der Waals surface area contributed by atoms with Crippen LogP contribution < -0.4 is 5.32 Å². The van der Waals surface area contributed by atoms with Crippen molar-refractivity contribution in [2.24, 2.45) is 0 Å². The lowest BCUT2D eigenvalue weighted by Crippen LogP contribution is -2.12. The largest absolute Gasteiger partial charge is 0.339 e. The number of carbonyl (C=O) groups is 1. The Morgan fingerprint density at radius 1 is 1.21 bits per heavy atom. The van der Waals surface area contributed by atoms with Gasteiger partial charge in [0, 0.05) is 24.1 Å². The van der Waals surface area contributed by atoms with E-state index in [9.17, 15) is 9.18 Å². The smallest absolute Gasteiger partial charge is 0.227 e. The Bertz CT molecular complexity index is 861. The summed E-state index contributed by atoms with van der Waals surface area (Å²) in [5.74, 6) is 0.264. The lowest BCUT2D eigenvalue weighted by Gasteiger charge is -2.03. The van der Waals surface area contributed by atoms with Crippen molar-refractivity contribution in [1.29, 1.82) is 0 Å². The molecule has 122 valence electrons. The maximum absolute atomic E-state index is 13.1. The number of rotatable bonds is 5. The van der Waals surface area contributed by atoms with Crippen molar-refractivity contribution in [3.8, 4) is 11.4 Å². The maximum Gasteiger partial charge on any atom is 0.227 e. The molecule has 3 aromatic rings. The number of benzene rings is 2. The number of aromatic nitrogens is 2. The molecule has 0 saturated carbocycles. The number of anilines is 1. The molecule has 1 aromatic heterocycles. The lowest BCUT2D eigenvalue weighted by atomic mass is 10.1. The third-order valence-corrected chi connectivity index (χ3v) is 3.53. The standard InChI is InChI=1S/C18H16FN3O2/c1-12-5-2-3-8-15(12)18-21-17(24-22-18)10-9-16(23)20-14-7-4-6-13(19)11-14/h2-8,11H,9-10H2,1H3,(H,20,23).